The second kappa shape index (κ2) is 9.63. The van der Waals surface area contributed by atoms with E-state index in [0.717, 1.165) is 17.0 Å². The van der Waals surface area contributed by atoms with E-state index in [0.29, 0.717) is 16.5 Å². The lowest BCUT2D eigenvalue weighted by molar-refractivity contribution is -0.118. The van der Waals surface area contributed by atoms with Crippen LogP contribution in [0.1, 0.15) is 22.3 Å². The lowest BCUT2D eigenvalue weighted by Gasteiger charge is -2.19. The van der Waals surface area contributed by atoms with Crippen LogP contribution in [-0.4, -0.2) is 29.9 Å². The van der Waals surface area contributed by atoms with Crippen molar-refractivity contribution in [2.75, 3.05) is 17.3 Å². The van der Waals surface area contributed by atoms with Crippen molar-refractivity contribution in [2.45, 2.75) is 19.4 Å². The molecule has 0 saturated heterocycles. The van der Waals surface area contributed by atoms with E-state index in [9.17, 15) is 9.59 Å². The fourth-order valence-electron chi connectivity index (χ4n) is 2.32. The molecular weight excluding hydrogens is 400 g/mol. The first-order chi connectivity index (χ1) is 12.0. The Hall–Kier alpha value is -1.79. The lowest BCUT2D eigenvalue weighted by Crippen LogP contribution is -2.44. The van der Waals surface area contributed by atoms with Crippen molar-refractivity contribution < 1.29 is 9.59 Å². The highest BCUT2D eigenvalue weighted by Gasteiger charge is 2.22. The van der Waals surface area contributed by atoms with Crippen LogP contribution < -0.4 is 10.6 Å². The van der Waals surface area contributed by atoms with Gasteiger partial charge in [-0.3, -0.25) is 9.59 Å². The number of benzene rings is 2. The molecule has 0 bridgehead atoms. The summed E-state index contributed by atoms with van der Waals surface area (Å²) in [6.07, 6.45) is 2.54. The van der Waals surface area contributed by atoms with E-state index in [2.05, 4.69) is 26.6 Å². The molecule has 0 fully saturated rings. The molecule has 2 aromatic carbocycles. The van der Waals surface area contributed by atoms with Gasteiger partial charge in [0.25, 0.3) is 5.91 Å². The highest BCUT2D eigenvalue weighted by molar-refractivity contribution is 9.10. The second-order valence-corrected chi connectivity index (χ2v) is 7.43. The van der Waals surface area contributed by atoms with E-state index < -0.39 is 6.04 Å². The molecule has 2 amide bonds. The molecule has 4 nitrogen and oxygen atoms in total. The lowest BCUT2D eigenvalue weighted by atomic mass is 10.1. The van der Waals surface area contributed by atoms with Crippen molar-refractivity contribution >= 4 is 45.2 Å². The van der Waals surface area contributed by atoms with Gasteiger partial charge in [-0.25, -0.2) is 0 Å². The quantitative estimate of drug-likeness (QED) is 0.703. The third-order valence-electron chi connectivity index (χ3n) is 3.75. The first-order valence-corrected chi connectivity index (χ1v) is 10.1. The van der Waals surface area contributed by atoms with E-state index in [4.69, 9.17) is 0 Å². The third-order valence-corrected chi connectivity index (χ3v) is 5.09. The van der Waals surface area contributed by atoms with Crippen molar-refractivity contribution in [2.24, 2.45) is 0 Å². The summed E-state index contributed by atoms with van der Waals surface area (Å²) in [4.78, 5) is 25.2. The molecule has 25 heavy (non-hydrogen) atoms. The maximum Gasteiger partial charge on any atom is 0.253 e. The zero-order valence-electron chi connectivity index (χ0n) is 14.2. The number of aryl methyl sites for hydroxylation is 1. The van der Waals surface area contributed by atoms with Gasteiger partial charge < -0.3 is 10.6 Å². The van der Waals surface area contributed by atoms with Crippen molar-refractivity contribution in [3.05, 3.63) is 64.1 Å². The molecule has 0 radical (unpaired) electrons. The number of rotatable bonds is 7. The van der Waals surface area contributed by atoms with Crippen molar-refractivity contribution in [3.63, 3.8) is 0 Å². The van der Waals surface area contributed by atoms with Crippen LogP contribution in [0.5, 0.6) is 0 Å². The summed E-state index contributed by atoms with van der Waals surface area (Å²) >= 11 is 5.02. The number of amides is 2. The summed E-state index contributed by atoms with van der Waals surface area (Å²) in [6.45, 7) is 1.94. The summed E-state index contributed by atoms with van der Waals surface area (Å²) in [7, 11) is 0. The fraction of sp³-hybridized carbons (Fsp3) is 0.263. The van der Waals surface area contributed by atoms with Crippen molar-refractivity contribution in [3.8, 4) is 0 Å². The van der Waals surface area contributed by atoms with Gasteiger partial charge in [0.1, 0.15) is 6.04 Å². The highest BCUT2D eigenvalue weighted by atomic mass is 79.9. The fourth-order valence-corrected chi connectivity index (χ4v) is 3.26. The summed E-state index contributed by atoms with van der Waals surface area (Å²) in [5.74, 6) is 0.310. The molecule has 132 valence electrons. The summed E-state index contributed by atoms with van der Waals surface area (Å²) in [6, 6.07) is 14.2. The molecule has 0 aliphatic rings. The Bertz CT molecular complexity index is 752. The number of hydrogen-bond acceptors (Lipinski definition) is 3. The minimum absolute atomic E-state index is 0.205. The SMILES string of the molecule is CSCCC(NC(=O)c1ccccc1Br)C(=O)Nc1ccccc1C. The number of thioether (sulfide) groups is 1. The Labute approximate surface area is 160 Å². The molecule has 2 rings (SSSR count). The van der Waals surface area contributed by atoms with Crippen LogP contribution >= 0.6 is 27.7 Å². The van der Waals surface area contributed by atoms with Crippen molar-refractivity contribution in [1.29, 1.82) is 0 Å². The third kappa shape index (κ3) is 5.61. The zero-order valence-corrected chi connectivity index (χ0v) is 16.6. The topological polar surface area (TPSA) is 58.2 Å². The van der Waals surface area contributed by atoms with E-state index in [1.165, 1.54) is 0 Å². The summed E-state index contributed by atoms with van der Waals surface area (Å²) in [5, 5.41) is 5.77. The monoisotopic (exact) mass is 420 g/mol. The standard InChI is InChI=1S/C19H21BrN2O2S/c1-13-7-3-6-10-16(13)21-19(24)17(11-12-25-2)22-18(23)14-8-4-5-9-15(14)20/h3-10,17H,11-12H2,1-2H3,(H,21,24)(H,22,23). The molecular formula is C19H21BrN2O2S. The molecule has 1 unspecified atom stereocenters. The van der Waals surface area contributed by atoms with Crippen LogP contribution in [0.15, 0.2) is 53.0 Å². The van der Waals surface area contributed by atoms with Crippen LogP contribution in [0, 0.1) is 6.92 Å². The molecule has 6 heteroatoms. The van der Waals surface area contributed by atoms with E-state index in [1.807, 2.05) is 43.5 Å². The molecule has 0 spiro atoms. The van der Waals surface area contributed by atoms with Gasteiger partial charge in [0.05, 0.1) is 5.56 Å². The molecule has 2 N–H and O–H groups in total. The number of carbonyl (C=O) groups is 2. The Morgan fingerprint density at radius 3 is 2.48 bits per heavy atom. The van der Waals surface area contributed by atoms with Crippen LogP contribution in [0.2, 0.25) is 0 Å². The van der Waals surface area contributed by atoms with Gasteiger partial charge in [-0.15, -0.1) is 0 Å². The second-order valence-electron chi connectivity index (χ2n) is 5.59. The maximum atomic E-state index is 12.7. The van der Waals surface area contributed by atoms with Gasteiger partial charge in [-0.05, 0) is 65.0 Å². The number of anilines is 1. The molecule has 0 aliphatic heterocycles. The van der Waals surface area contributed by atoms with E-state index in [-0.39, 0.29) is 11.8 Å². The maximum absolute atomic E-state index is 12.7. The Morgan fingerprint density at radius 2 is 1.80 bits per heavy atom. The normalized spacial score (nSPS) is 11.6. The Balaban J connectivity index is 2.12. The van der Waals surface area contributed by atoms with Gasteiger partial charge in [0.2, 0.25) is 5.91 Å². The molecule has 1 atom stereocenters. The number of hydrogen-bond donors (Lipinski definition) is 2. The largest absolute Gasteiger partial charge is 0.340 e. The molecule has 0 saturated carbocycles. The zero-order chi connectivity index (χ0) is 18.2. The van der Waals surface area contributed by atoms with Gasteiger partial charge in [-0.1, -0.05) is 30.3 Å². The van der Waals surface area contributed by atoms with Crippen LogP contribution in [0.3, 0.4) is 0 Å². The smallest absolute Gasteiger partial charge is 0.253 e. The minimum atomic E-state index is -0.591. The average molecular weight is 421 g/mol. The molecule has 0 heterocycles. The summed E-state index contributed by atoms with van der Waals surface area (Å²) < 4.78 is 0.704. The number of nitrogens with one attached hydrogen (secondary N) is 2. The summed E-state index contributed by atoms with van der Waals surface area (Å²) in [5.41, 5.74) is 2.26. The Morgan fingerprint density at radius 1 is 1.12 bits per heavy atom. The van der Waals surface area contributed by atoms with Crippen LogP contribution in [0.4, 0.5) is 5.69 Å². The van der Waals surface area contributed by atoms with Crippen LogP contribution in [-0.2, 0) is 4.79 Å². The number of halogens is 1. The molecule has 0 aromatic heterocycles. The predicted molar refractivity (Wildman–Crippen MR) is 108 cm³/mol. The van der Waals surface area contributed by atoms with Gasteiger partial charge in [-0.2, -0.15) is 11.8 Å². The first-order valence-electron chi connectivity index (χ1n) is 7.93. The highest BCUT2D eigenvalue weighted by Crippen LogP contribution is 2.17. The van der Waals surface area contributed by atoms with Gasteiger partial charge >= 0.3 is 0 Å². The van der Waals surface area contributed by atoms with E-state index in [1.54, 1.807) is 30.0 Å². The Kier molecular flexibility index (Phi) is 7.52. The molecule has 2 aromatic rings. The molecule has 0 aliphatic carbocycles. The van der Waals surface area contributed by atoms with E-state index >= 15 is 0 Å². The first kappa shape index (κ1) is 19.5. The average Bonchev–Trinajstić information content (AvgIpc) is 2.60. The minimum Gasteiger partial charge on any atom is -0.340 e. The van der Waals surface area contributed by atoms with Gasteiger partial charge in [0.15, 0.2) is 0 Å². The van der Waals surface area contributed by atoms with Crippen LogP contribution in [0.25, 0.3) is 0 Å². The van der Waals surface area contributed by atoms with Crippen molar-refractivity contribution in [1.82, 2.24) is 5.32 Å². The van der Waals surface area contributed by atoms with Gasteiger partial charge in [0, 0.05) is 10.2 Å². The number of para-hydroxylation sites is 1. The predicted octanol–water partition coefficient (Wildman–Crippen LogP) is 4.25. The number of carbonyl (C=O) groups excluding carboxylic acids is 2.